The Hall–Kier alpha value is -2.05. The minimum absolute atomic E-state index is 0.153. The molecule has 0 aliphatic heterocycles. The number of nitrogens with zero attached hydrogens (tertiary/aromatic N) is 1. The van der Waals surface area contributed by atoms with Gasteiger partial charge in [-0.05, 0) is 6.92 Å². The third-order valence-electron chi connectivity index (χ3n) is 1.55. The molecule has 7 nitrogen and oxygen atoms in total. The Morgan fingerprint density at radius 1 is 1.60 bits per heavy atom. The summed E-state index contributed by atoms with van der Waals surface area (Å²) in [6, 6.07) is 0. The van der Waals surface area contributed by atoms with Gasteiger partial charge in [-0.25, -0.2) is 9.59 Å². The van der Waals surface area contributed by atoms with Crippen LogP contribution in [-0.4, -0.2) is 36.0 Å². The van der Waals surface area contributed by atoms with Crippen LogP contribution in [-0.2, 0) is 9.47 Å². The van der Waals surface area contributed by atoms with Crippen molar-refractivity contribution in [2.45, 2.75) is 6.92 Å². The van der Waals surface area contributed by atoms with Crippen LogP contribution in [0.3, 0.4) is 0 Å². The standard InChI is InChI=1S/C8H11N3O4/c1-3-15-7(12)5-4-9-11-6(5)10-8(13)14-2/h4H,3H2,1-2H3,(H2,9,10,11,13). The van der Waals surface area contributed by atoms with E-state index in [9.17, 15) is 9.59 Å². The minimum atomic E-state index is -0.690. The number of esters is 1. The van der Waals surface area contributed by atoms with Crippen molar-refractivity contribution >= 4 is 17.9 Å². The van der Waals surface area contributed by atoms with Gasteiger partial charge in [-0.2, -0.15) is 5.10 Å². The molecule has 1 aromatic rings. The number of nitrogens with one attached hydrogen (secondary N) is 2. The summed E-state index contributed by atoms with van der Waals surface area (Å²) in [5.74, 6) is -0.405. The van der Waals surface area contributed by atoms with Gasteiger partial charge in [0.2, 0.25) is 0 Å². The number of amides is 1. The fourth-order valence-corrected chi connectivity index (χ4v) is 0.898. The normalized spacial score (nSPS) is 9.47. The van der Waals surface area contributed by atoms with E-state index in [2.05, 4.69) is 20.3 Å². The molecule has 82 valence electrons. The maximum Gasteiger partial charge on any atom is 0.412 e. The summed E-state index contributed by atoms with van der Waals surface area (Å²) in [6.07, 6.45) is 0.577. The summed E-state index contributed by atoms with van der Waals surface area (Å²) < 4.78 is 9.12. The molecule has 0 radical (unpaired) electrons. The molecule has 0 saturated carbocycles. The maximum atomic E-state index is 11.3. The third-order valence-corrected chi connectivity index (χ3v) is 1.55. The Kier molecular flexibility index (Phi) is 3.67. The predicted molar refractivity (Wildman–Crippen MR) is 50.6 cm³/mol. The summed E-state index contributed by atoms with van der Waals surface area (Å²) in [7, 11) is 1.22. The van der Waals surface area contributed by atoms with Gasteiger partial charge in [0.1, 0.15) is 11.4 Å². The third kappa shape index (κ3) is 2.70. The van der Waals surface area contributed by atoms with Crippen molar-refractivity contribution in [1.82, 2.24) is 10.2 Å². The molecule has 0 unspecified atom stereocenters. The number of rotatable bonds is 3. The zero-order chi connectivity index (χ0) is 11.3. The minimum Gasteiger partial charge on any atom is -0.462 e. The van der Waals surface area contributed by atoms with Crippen LogP contribution in [0.15, 0.2) is 6.20 Å². The number of hydrogen-bond acceptors (Lipinski definition) is 5. The lowest BCUT2D eigenvalue weighted by molar-refractivity contribution is 0.0527. The number of aromatic amines is 1. The first-order chi connectivity index (χ1) is 7.19. The molecule has 15 heavy (non-hydrogen) atoms. The Morgan fingerprint density at radius 2 is 2.33 bits per heavy atom. The molecule has 0 fully saturated rings. The lowest BCUT2D eigenvalue weighted by Crippen LogP contribution is -2.14. The van der Waals surface area contributed by atoms with Crippen molar-refractivity contribution in [1.29, 1.82) is 0 Å². The first-order valence-electron chi connectivity index (χ1n) is 4.24. The second-order valence-corrected chi connectivity index (χ2v) is 2.50. The average molecular weight is 213 g/mol. The quantitative estimate of drug-likeness (QED) is 0.723. The van der Waals surface area contributed by atoms with E-state index in [0.29, 0.717) is 0 Å². The van der Waals surface area contributed by atoms with Crippen molar-refractivity contribution in [3.63, 3.8) is 0 Å². The highest BCUT2D eigenvalue weighted by molar-refractivity contribution is 5.98. The van der Waals surface area contributed by atoms with Gasteiger partial charge < -0.3 is 9.47 Å². The Morgan fingerprint density at radius 3 is 2.93 bits per heavy atom. The van der Waals surface area contributed by atoms with Crippen molar-refractivity contribution in [3.8, 4) is 0 Å². The molecule has 0 bridgehead atoms. The number of hydrogen-bond donors (Lipinski definition) is 2. The lowest BCUT2D eigenvalue weighted by Gasteiger charge is -2.03. The summed E-state index contributed by atoms with van der Waals surface area (Å²) in [6.45, 7) is 1.94. The Balaban J connectivity index is 2.77. The molecular formula is C8H11N3O4. The number of carbonyl (C=O) groups excluding carboxylic acids is 2. The largest absolute Gasteiger partial charge is 0.462 e. The van der Waals surface area contributed by atoms with Gasteiger partial charge >= 0.3 is 12.1 Å². The number of methoxy groups -OCH3 is 1. The van der Waals surface area contributed by atoms with Gasteiger partial charge in [0.15, 0.2) is 0 Å². The monoisotopic (exact) mass is 213 g/mol. The van der Waals surface area contributed by atoms with Gasteiger partial charge in [0.05, 0.1) is 19.9 Å². The number of carbonyl (C=O) groups is 2. The first kappa shape index (κ1) is 11.0. The van der Waals surface area contributed by atoms with Crippen LogP contribution in [0.25, 0.3) is 0 Å². The topological polar surface area (TPSA) is 93.3 Å². The predicted octanol–water partition coefficient (Wildman–Crippen LogP) is 0.765. The van der Waals surface area contributed by atoms with Crippen LogP contribution in [0.2, 0.25) is 0 Å². The van der Waals surface area contributed by atoms with E-state index >= 15 is 0 Å². The number of anilines is 1. The molecule has 0 aliphatic rings. The SMILES string of the molecule is CCOC(=O)c1cn[nH]c1NC(=O)OC. The summed E-state index contributed by atoms with van der Waals surface area (Å²) in [5, 5.41) is 8.36. The van der Waals surface area contributed by atoms with E-state index in [0.717, 1.165) is 0 Å². The zero-order valence-corrected chi connectivity index (χ0v) is 8.36. The van der Waals surface area contributed by atoms with E-state index in [1.165, 1.54) is 13.3 Å². The molecule has 2 N–H and O–H groups in total. The fraction of sp³-hybridized carbons (Fsp3) is 0.375. The van der Waals surface area contributed by atoms with Gasteiger partial charge in [-0.15, -0.1) is 0 Å². The molecule has 0 aliphatic carbocycles. The smallest absolute Gasteiger partial charge is 0.412 e. The number of ether oxygens (including phenoxy) is 2. The number of aromatic nitrogens is 2. The highest BCUT2D eigenvalue weighted by Crippen LogP contribution is 2.12. The average Bonchev–Trinajstić information content (AvgIpc) is 2.66. The van der Waals surface area contributed by atoms with Gasteiger partial charge in [0.25, 0.3) is 0 Å². The lowest BCUT2D eigenvalue weighted by atomic mass is 10.3. The van der Waals surface area contributed by atoms with Crippen LogP contribution in [0, 0.1) is 0 Å². The molecular weight excluding hydrogens is 202 g/mol. The molecule has 1 aromatic heterocycles. The van der Waals surface area contributed by atoms with E-state index in [-0.39, 0.29) is 18.0 Å². The van der Waals surface area contributed by atoms with E-state index in [1.807, 2.05) is 0 Å². The molecule has 0 spiro atoms. The molecule has 7 heteroatoms. The van der Waals surface area contributed by atoms with Crippen molar-refractivity contribution in [2.24, 2.45) is 0 Å². The zero-order valence-electron chi connectivity index (χ0n) is 8.36. The second kappa shape index (κ2) is 4.99. The van der Waals surface area contributed by atoms with E-state index in [1.54, 1.807) is 6.92 Å². The Bertz CT molecular complexity index is 361. The van der Waals surface area contributed by atoms with Crippen molar-refractivity contribution in [3.05, 3.63) is 11.8 Å². The summed E-state index contributed by atoms with van der Waals surface area (Å²) >= 11 is 0. The second-order valence-electron chi connectivity index (χ2n) is 2.50. The van der Waals surface area contributed by atoms with Crippen molar-refractivity contribution in [2.75, 3.05) is 19.0 Å². The highest BCUT2D eigenvalue weighted by Gasteiger charge is 2.16. The highest BCUT2D eigenvalue weighted by atomic mass is 16.5. The van der Waals surface area contributed by atoms with Crippen LogP contribution >= 0.6 is 0 Å². The van der Waals surface area contributed by atoms with Gasteiger partial charge in [-0.3, -0.25) is 10.4 Å². The van der Waals surface area contributed by atoms with Crippen LogP contribution in [0.5, 0.6) is 0 Å². The Labute approximate surface area is 85.8 Å². The fourth-order valence-electron chi connectivity index (χ4n) is 0.898. The summed E-state index contributed by atoms with van der Waals surface area (Å²) in [4.78, 5) is 22.2. The van der Waals surface area contributed by atoms with Gasteiger partial charge in [0, 0.05) is 0 Å². The van der Waals surface area contributed by atoms with Crippen LogP contribution in [0.1, 0.15) is 17.3 Å². The number of H-pyrrole nitrogens is 1. The molecule has 1 amide bonds. The first-order valence-corrected chi connectivity index (χ1v) is 4.24. The molecule has 1 rings (SSSR count). The molecule has 1 heterocycles. The van der Waals surface area contributed by atoms with Gasteiger partial charge in [-0.1, -0.05) is 0 Å². The van der Waals surface area contributed by atoms with Crippen molar-refractivity contribution < 1.29 is 19.1 Å². The van der Waals surface area contributed by atoms with E-state index in [4.69, 9.17) is 4.74 Å². The van der Waals surface area contributed by atoms with Crippen LogP contribution in [0.4, 0.5) is 10.6 Å². The molecule has 0 atom stereocenters. The van der Waals surface area contributed by atoms with E-state index < -0.39 is 12.1 Å². The summed E-state index contributed by atoms with van der Waals surface area (Å²) in [5.41, 5.74) is 0.155. The molecule has 0 saturated heterocycles. The molecule has 0 aromatic carbocycles. The van der Waals surface area contributed by atoms with Crippen LogP contribution < -0.4 is 5.32 Å². The maximum absolute atomic E-state index is 11.3.